The van der Waals surface area contributed by atoms with E-state index in [-0.39, 0.29) is 5.92 Å². The van der Waals surface area contributed by atoms with Crippen molar-refractivity contribution < 1.29 is 0 Å². The van der Waals surface area contributed by atoms with Gasteiger partial charge in [0.2, 0.25) is 0 Å². The largest absolute Gasteiger partial charge is 0.314 e. The second-order valence-corrected chi connectivity index (χ2v) is 16.2. The fourth-order valence-electron chi connectivity index (χ4n) is 9.66. The predicted octanol–water partition coefficient (Wildman–Crippen LogP) is 16.6. The number of fused-ring (bicyclic) bond motifs is 4. The summed E-state index contributed by atoms with van der Waals surface area (Å²) in [6.07, 6.45) is 3.39. The van der Waals surface area contributed by atoms with E-state index in [1.54, 1.807) is 0 Å². The van der Waals surface area contributed by atoms with Gasteiger partial charge in [0, 0.05) is 34.1 Å². The molecule has 0 saturated carbocycles. The van der Waals surface area contributed by atoms with Crippen LogP contribution in [0.25, 0.3) is 60.6 Å². The van der Waals surface area contributed by atoms with Crippen molar-refractivity contribution in [3.63, 3.8) is 0 Å². The van der Waals surface area contributed by atoms with Gasteiger partial charge in [-0.2, -0.15) is 0 Å². The predicted molar refractivity (Wildman–Crippen MR) is 261 cm³/mol. The average molecular weight is 781 g/mol. The molecular formula is C59H44N2. The van der Waals surface area contributed by atoms with Gasteiger partial charge in [0.25, 0.3) is 0 Å². The van der Waals surface area contributed by atoms with Crippen LogP contribution in [-0.2, 0) is 0 Å². The van der Waals surface area contributed by atoms with Crippen LogP contribution < -0.4 is 9.80 Å². The zero-order valence-corrected chi connectivity index (χ0v) is 34.1. The van der Waals surface area contributed by atoms with Crippen LogP contribution in [0.5, 0.6) is 0 Å². The van der Waals surface area contributed by atoms with Crippen molar-refractivity contribution in [3.8, 4) is 22.3 Å². The van der Waals surface area contributed by atoms with Crippen molar-refractivity contribution in [1.82, 2.24) is 0 Å². The van der Waals surface area contributed by atoms with E-state index in [9.17, 15) is 0 Å². The van der Waals surface area contributed by atoms with Crippen LogP contribution in [0, 0.1) is 0 Å². The summed E-state index contributed by atoms with van der Waals surface area (Å²) in [6.45, 7) is 2.44. The van der Waals surface area contributed by atoms with Crippen molar-refractivity contribution in [3.05, 3.63) is 241 Å². The Hall–Kier alpha value is -7.68. The van der Waals surface area contributed by atoms with Gasteiger partial charge in [-0.15, -0.1) is 0 Å². The summed E-state index contributed by atoms with van der Waals surface area (Å²) in [4.78, 5) is 4.85. The maximum absolute atomic E-state index is 2.51. The lowest BCUT2D eigenvalue weighted by Crippen LogP contribution is -2.21. The van der Waals surface area contributed by atoms with Crippen LogP contribution in [0.2, 0.25) is 0 Å². The number of para-hydroxylation sites is 4. The lowest BCUT2D eigenvalue weighted by molar-refractivity contribution is 0.733. The molecule has 0 spiro atoms. The van der Waals surface area contributed by atoms with Crippen molar-refractivity contribution in [1.29, 1.82) is 0 Å². The summed E-state index contributed by atoms with van der Waals surface area (Å²) >= 11 is 0. The van der Waals surface area contributed by atoms with E-state index in [4.69, 9.17) is 0 Å². The molecule has 2 nitrogen and oxygen atoms in total. The maximum Gasteiger partial charge on any atom is 0.0468 e. The van der Waals surface area contributed by atoms with Gasteiger partial charge in [-0.1, -0.05) is 159 Å². The highest BCUT2D eigenvalue weighted by Crippen LogP contribution is 2.52. The summed E-state index contributed by atoms with van der Waals surface area (Å²) < 4.78 is 0. The van der Waals surface area contributed by atoms with Gasteiger partial charge in [0.1, 0.15) is 0 Å². The highest BCUT2D eigenvalue weighted by molar-refractivity contribution is 6.13. The molecule has 0 N–H and O–H groups in total. The SMILES string of the molecule is CC1CC(N(c2ccccc2)c2ccccc2)=Cc2c1c(-c1ccc3ccccc3c1)c1cc(N(c3ccccc3)c3ccccc3)ccc1c2-c1ccc2ccccc2c1. The van der Waals surface area contributed by atoms with Gasteiger partial charge < -0.3 is 9.80 Å². The zero-order chi connectivity index (χ0) is 40.7. The number of hydrogen-bond acceptors (Lipinski definition) is 2. The molecular weight excluding hydrogens is 737 g/mol. The van der Waals surface area contributed by atoms with Gasteiger partial charge >= 0.3 is 0 Å². The lowest BCUT2D eigenvalue weighted by atomic mass is 9.75. The van der Waals surface area contributed by atoms with Crippen molar-refractivity contribution in [2.45, 2.75) is 19.3 Å². The van der Waals surface area contributed by atoms with Crippen LogP contribution in [0.4, 0.5) is 28.4 Å². The molecule has 61 heavy (non-hydrogen) atoms. The summed E-state index contributed by atoms with van der Waals surface area (Å²) in [6, 6.07) is 81.9. The normalized spacial score (nSPS) is 13.5. The molecule has 1 aliphatic rings. The van der Waals surface area contributed by atoms with Crippen LogP contribution >= 0.6 is 0 Å². The minimum absolute atomic E-state index is 0.193. The second-order valence-electron chi connectivity index (χ2n) is 16.2. The molecule has 0 saturated heterocycles. The second kappa shape index (κ2) is 15.5. The standard InChI is InChI=1S/C59H44N2/c1-41-36-53(61(50-26-10-4-11-27-50)51-28-12-5-13-29-51)40-56-57(41)59(47-33-31-43-19-15-17-21-45(43)38-47)55-39-52(60(48-22-6-2-7-23-48)49-24-8-3-9-25-49)34-35-54(55)58(56)46-32-30-42-18-14-16-20-44(42)37-46/h2-35,37-41H,36H2,1H3. The molecule has 0 bridgehead atoms. The molecule has 10 aromatic rings. The molecule has 1 atom stereocenters. The summed E-state index contributed by atoms with van der Waals surface area (Å²) in [5.74, 6) is 0.193. The van der Waals surface area contributed by atoms with E-state index in [2.05, 4.69) is 247 Å². The van der Waals surface area contributed by atoms with E-state index >= 15 is 0 Å². The van der Waals surface area contributed by atoms with Gasteiger partial charge in [-0.25, -0.2) is 0 Å². The Kier molecular flexibility index (Phi) is 9.24. The molecule has 1 aliphatic carbocycles. The topological polar surface area (TPSA) is 6.48 Å². The van der Waals surface area contributed by atoms with E-state index < -0.39 is 0 Å². The molecule has 0 aromatic heterocycles. The van der Waals surface area contributed by atoms with Gasteiger partial charge in [0.15, 0.2) is 0 Å². The first kappa shape index (κ1) is 36.4. The summed E-state index contributed by atoms with van der Waals surface area (Å²) in [5, 5.41) is 7.44. The van der Waals surface area contributed by atoms with Crippen LogP contribution in [-0.4, -0.2) is 0 Å². The van der Waals surface area contributed by atoms with Gasteiger partial charge in [-0.05, 0) is 157 Å². The van der Waals surface area contributed by atoms with Gasteiger partial charge in [-0.3, -0.25) is 0 Å². The minimum atomic E-state index is 0.193. The number of rotatable bonds is 8. The van der Waals surface area contributed by atoms with Crippen molar-refractivity contribution in [2.75, 3.05) is 9.80 Å². The Morgan fingerprint density at radius 1 is 0.361 bits per heavy atom. The van der Waals surface area contributed by atoms with Crippen LogP contribution in [0.3, 0.4) is 0 Å². The molecule has 0 amide bonds. The molecule has 1 unspecified atom stereocenters. The third kappa shape index (κ3) is 6.63. The highest BCUT2D eigenvalue weighted by atomic mass is 15.2. The molecule has 10 aromatic carbocycles. The van der Waals surface area contributed by atoms with Gasteiger partial charge in [0.05, 0.1) is 0 Å². The Balaban J connectivity index is 1.26. The first-order valence-electron chi connectivity index (χ1n) is 21.3. The Labute approximate surface area is 357 Å². The van der Waals surface area contributed by atoms with E-state index in [0.717, 1.165) is 34.9 Å². The number of benzene rings is 10. The van der Waals surface area contributed by atoms with Crippen molar-refractivity contribution in [2.24, 2.45) is 0 Å². The average Bonchev–Trinajstić information content (AvgIpc) is 3.32. The smallest absolute Gasteiger partial charge is 0.0468 e. The molecule has 2 heteroatoms. The summed E-state index contributed by atoms with van der Waals surface area (Å²) in [7, 11) is 0. The molecule has 290 valence electrons. The molecule has 0 heterocycles. The summed E-state index contributed by atoms with van der Waals surface area (Å²) in [5.41, 5.74) is 14.7. The van der Waals surface area contributed by atoms with Crippen molar-refractivity contribution >= 4 is 66.8 Å². The first-order valence-corrected chi connectivity index (χ1v) is 21.3. The fraction of sp³-hybridized carbons (Fsp3) is 0.0508. The number of allylic oxidation sites excluding steroid dienone is 1. The molecule has 0 fully saturated rings. The van der Waals surface area contributed by atoms with Crippen LogP contribution in [0.15, 0.2) is 230 Å². The lowest BCUT2D eigenvalue weighted by Gasteiger charge is -2.35. The minimum Gasteiger partial charge on any atom is -0.314 e. The monoisotopic (exact) mass is 780 g/mol. The zero-order valence-electron chi connectivity index (χ0n) is 34.1. The highest BCUT2D eigenvalue weighted by Gasteiger charge is 2.31. The number of hydrogen-bond donors (Lipinski definition) is 0. The molecule has 0 radical (unpaired) electrons. The van der Waals surface area contributed by atoms with Crippen LogP contribution in [0.1, 0.15) is 30.4 Å². The van der Waals surface area contributed by atoms with E-state index in [0.29, 0.717) is 0 Å². The van der Waals surface area contributed by atoms with E-state index in [1.165, 1.54) is 71.4 Å². The Bertz CT molecular complexity index is 3150. The molecule has 0 aliphatic heterocycles. The van der Waals surface area contributed by atoms with E-state index in [1.807, 2.05) is 0 Å². The number of nitrogens with zero attached hydrogens (tertiary/aromatic N) is 2. The third-order valence-electron chi connectivity index (χ3n) is 12.4. The molecule has 11 rings (SSSR count). The maximum atomic E-state index is 2.51. The Morgan fingerprint density at radius 2 is 0.803 bits per heavy atom. The fourth-order valence-corrected chi connectivity index (χ4v) is 9.66. The number of anilines is 5. The Morgan fingerprint density at radius 3 is 1.31 bits per heavy atom. The first-order chi connectivity index (χ1) is 30.2. The quantitative estimate of drug-likeness (QED) is 0.152. The third-order valence-corrected chi connectivity index (χ3v) is 12.4.